The maximum atomic E-state index is 6.04. The molecule has 0 radical (unpaired) electrons. The summed E-state index contributed by atoms with van der Waals surface area (Å²) in [6.07, 6.45) is 0. The Morgan fingerprint density at radius 3 is 2.71 bits per heavy atom. The van der Waals surface area contributed by atoms with Crippen LogP contribution >= 0.6 is 15.9 Å². The van der Waals surface area contributed by atoms with Gasteiger partial charge in [0.05, 0.1) is 18.0 Å². The van der Waals surface area contributed by atoms with Crippen LogP contribution in [0.3, 0.4) is 0 Å². The third-order valence-electron chi connectivity index (χ3n) is 3.15. The van der Waals surface area contributed by atoms with Crippen LogP contribution in [0.4, 0.5) is 0 Å². The van der Waals surface area contributed by atoms with Crippen molar-refractivity contribution in [2.24, 2.45) is 0 Å². The zero-order valence-electron chi connectivity index (χ0n) is 12.7. The molecule has 0 N–H and O–H groups in total. The van der Waals surface area contributed by atoms with E-state index in [4.69, 9.17) is 9.47 Å². The molecule has 1 aromatic carbocycles. The molecule has 0 saturated heterocycles. The highest BCUT2D eigenvalue weighted by Crippen LogP contribution is 2.33. The van der Waals surface area contributed by atoms with E-state index in [2.05, 4.69) is 34.0 Å². The van der Waals surface area contributed by atoms with Crippen LogP contribution in [0.25, 0.3) is 0 Å². The predicted octanol–water partition coefficient (Wildman–Crippen LogP) is 4.08. The molecule has 114 valence electrons. The Morgan fingerprint density at radius 2 is 2.05 bits per heavy atom. The molecule has 21 heavy (non-hydrogen) atoms. The van der Waals surface area contributed by atoms with Crippen molar-refractivity contribution < 1.29 is 9.47 Å². The van der Waals surface area contributed by atoms with Crippen molar-refractivity contribution in [2.75, 3.05) is 6.61 Å². The Hall–Kier alpha value is -1.49. The molecule has 0 aliphatic rings. The van der Waals surface area contributed by atoms with Crippen LogP contribution in [0.1, 0.15) is 30.8 Å². The molecule has 4 nitrogen and oxygen atoms in total. The van der Waals surface area contributed by atoms with Crippen molar-refractivity contribution in [3.8, 4) is 11.5 Å². The molecular formula is C16H21BrN2O2. The van der Waals surface area contributed by atoms with Crippen molar-refractivity contribution in [3.63, 3.8) is 0 Å². The van der Waals surface area contributed by atoms with Gasteiger partial charge in [-0.2, -0.15) is 5.10 Å². The Balaban J connectivity index is 2.22. The average Bonchev–Trinajstić information content (AvgIpc) is 2.86. The molecule has 1 heterocycles. The molecule has 0 saturated carbocycles. The van der Waals surface area contributed by atoms with Crippen LogP contribution in [-0.4, -0.2) is 16.4 Å². The van der Waals surface area contributed by atoms with E-state index >= 15 is 0 Å². The minimum Gasteiger partial charge on any atom is -0.490 e. The zero-order chi connectivity index (χ0) is 15.2. The van der Waals surface area contributed by atoms with Gasteiger partial charge in [-0.3, -0.25) is 4.68 Å². The SMILES string of the molecule is CCOc1cccc(CBr)c1OCc1cc(C)nn1CC. The van der Waals surface area contributed by atoms with Crippen molar-refractivity contribution in [3.05, 3.63) is 41.2 Å². The number of hydrogen-bond acceptors (Lipinski definition) is 3. The average molecular weight is 353 g/mol. The number of halogens is 1. The highest BCUT2D eigenvalue weighted by molar-refractivity contribution is 9.08. The number of para-hydroxylation sites is 1. The summed E-state index contributed by atoms with van der Waals surface area (Å²) in [6.45, 7) is 7.99. The summed E-state index contributed by atoms with van der Waals surface area (Å²) in [5.74, 6) is 1.59. The maximum Gasteiger partial charge on any atom is 0.165 e. The first-order valence-electron chi connectivity index (χ1n) is 7.16. The van der Waals surface area contributed by atoms with Gasteiger partial charge in [-0.05, 0) is 32.9 Å². The van der Waals surface area contributed by atoms with E-state index in [1.807, 2.05) is 36.7 Å². The lowest BCUT2D eigenvalue weighted by molar-refractivity contribution is 0.259. The van der Waals surface area contributed by atoms with Crippen LogP contribution in [0.5, 0.6) is 11.5 Å². The minimum atomic E-state index is 0.485. The normalized spacial score (nSPS) is 10.7. The van der Waals surface area contributed by atoms with Crippen LogP contribution in [-0.2, 0) is 18.5 Å². The van der Waals surface area contributed by atoms with Gasteiger partial charge in [-0.1, -0.05) is 28.1 Å². The third-order valence-corrected chi connectivity index (χ3v) is 3.76. The second-order valence-corrected chi connectivity index (χ2v) is 5.25. The summed E-state index contributed by atoms with van der Waals surface area (Å²) >= 11 is 3.50. The summed E-state index contributed by atoms with van der Waals surface area (Å²) in [4.78, 5) is 0. The summed E-state index contributed by atoms with van der Waals surface area (Å²) in [5, 5.41) is 5.17. The molecule has 5 heteroatoms. The lowest BCUT2D eigenvalue weighted by Gasteiger charge is -2.15. The molecule has 2 rings (SSSR count). The van der Waals surface area contributed by atoms with E-state index in [0.29, 0.717) is 13.2 Å². The van der Waals surface area contributed by atoms with E-state index in [9.17, 15) is 0 Å². The van der Waals surface area contributed by atoms with E-state index in [1.165, 1.54) is 0 Å². The van der Waals surface area contributed by atoms with Crippen molar-refractivity contribution in [1.82, 2.24) is 9.78 Å². The van der Waals surface area contributed by atoms with Crippen molar-refractivity contribution in [1.29, 1.82) is 0 Å². The summed E-state index contributed by atoms with van der Waals surface area (Å²) in [7, 11) is 0. The van der Waals surface area contributed by atoms with Gasteiger partial charge in [0.1, 0.15) is 6.61 Å². The smallest absolute Gasteiger partial charge is 0.165 e. The molecular weight excluding hydrogens is 332 g/mol. The number of nitrogens with zero attached hydrogens (tertiary/aromatic N) is 2. The van der Waals surface area contributed by atoms with Gasteiger partial charge in [0.2, 0.25) is 0 Å². The summed E-state index contributed by atoms with van der Waals surface area (Å²) in [5.41, 5.74) is 3.16. The van der Waals surface area contributed by atoms with Crippen molar-refractivity contribution in [2.45, 2.75) is 39.3 Å². The lowest BCUT2D eigenvalue weighted by Crippen LogP contribution is -2.07. The van der Waals surface area contributed by atoms with Gasteiger partial charge in [-0.25, -0.2) is 0 Å². The van der Waals surface area contributed by atoms with E-state index in [0.717, 1.165) is 40.3 Å². The molecule has 0 spiro atoms. The van der Waals surface area contributed by atoms with Crippen LogP contribution < -0.4 is 9.47 Å². The van der Waals surface area contributed by atoms with Gasteiger partial charge in [-0.15, -0.1) is 0 Å². The van der Waals surface area contributed by atoms with Gasteiger partial charge in [0.15, 0.2) is 11.5 Å². The van der Waals surface area contributed by atoms with Gasteiger partial charge in [0, 0.05) is 17.4 Å². The topological polar surface area (TPSA) is 36.3 Å². The first-order valence-corrected chi connectivity index (χ1v) is 8.28. The maximum absolute atomic E-state index is 6.04. The zero-order valence-corrected chi connectivity index (χ0v) is 14.3. The molecule has 0 atom stereocenters. The second kappa shape index (κ2) is 7.50. The fourth-order valence-corrected chi connectivity index (χ4v) is 2.68. The van der Waals surface area contributed by atoms with Crippen LogP contribution in [0, 0.1) is 6.92 Å². The first-order chi connectivity index (χ1) is 10.2. The predicted molar refractivity (Wildman–Crippen MR) is 87.2 cm³/mol. The Labute approximate surface area is 134 Å². The van der Waals surface area contributed by atoms with Gasteiger partial charge >= 0.3 is 0 Å². The molecule has 1 aromatic heterocycles. The molecule has 0 unspecified atom stereocenters. The summed E-state index contributed by atoms with van der Waals surface area (Å²) < 4.78 is 13.7. The quantitative estimate of drug-likeness (QED) is 0.704. The van der Waals surface area contributed by atoms with Crippen LogP contribution in [0.2, 0.25) is 0 Å². The molecule has 0 aliphatic carbocycles. The second-order valence-electron chi connectivity index (χ2n) is 4.69. The standard InChI is InChI=1S/C16H21BrN2O2/c1-4-19-14(9-12(3)18-19)11-21-16-13(10-17)7-6-8-15(16)20-5-2/h6-9H,4-5,10-11H2,1-3H3. The lowest BCUT2D eigenvalue weighted by atomic mass is 10.2. The van der Waals surface area contributed by atoms with Crippen molar-refractivity contribution >= 4 is 15.9 Å². The monoisotopic (exact) mass is 352 g/mol. The van der Waals surface area contributed by atoms with Gasteiger partial charge in [0.25, 0.3) is 0 Å². The number of ether oxygens (including phenoxy) is 2. The number of aryl methyl sites for hydroxylation is 2. The highest BCUT2D eigenvalue weighted by atomic mass is 79.9. The molecule has 0 fully saturated rings. The van der Waals surface area contributed by atoms with Gasteiger partial charge < -0.3 is 9.47 Å². The Morgan fingerprint density at radius 1 is 1.24 bits per heavy atom. The molecule has 0 bridgehead atoms. The number of rotatable bonds is 7. The summed E-state index contributed by atoms with van der Waals surface area (Å²) in [6, 6.07) is 8.01. The highest BCUT2D eigenvalue weighted by Gasteiger charge is 2.12. The fraction of sp³-hybridized carbons (Fsp3) is 0.438. The number of benzene rings is 1. The number of alkyl halides is 1. The Bertz CT molecular complexity index is 596. The molecule has 0 amide bonds. The van der Waals surface area contributed by atoms with E-state index < -0.39 is 0 Å². The van der Waals surface area contributed by atoms with Crippen LogP contribution in [0.15, 0.2) is 24.3 Å². The number of aromatic nitrogens is 2. The number of hydrogen-bond donors (Lipinski definition) is 0. The van der Waals surface area contributed by atoms with E-state index in [-0.39, 0.29) is 0 Å². The minimum absolute atomic E-state index is 0.485. The molecule has 2 aromatic rings. The third kappa shape index (κ3) is 3.79. The Kier molecular flexibility index (Phi) is 5.67. The molecule has 0 aliphatic heterocycles. The van der Waals surface area contributed by atoms with E-state index in [1.54, 1.807) is 0 Å². The first kappa shape index (κ1) is 15.9. The largest absolute Gasteiger partial charge is 0.490 e. The fourth-order valence-electron chi connectivity index (χ4n) is 2.23.